The molecule has 0 atom stereocenters. The Hall–Kier alpha value is -1.69. The van der Waals surface area contributed by atoms with E-state index in [1.165, 1.54) is 12.3 Å². The fourth-order valence-electron chi connectivity index (χ4n) is 1.29. The summed E-state index contributed by atoms with van der Waals surface area (Å²) in [5, 5.41) is 5.74. The lowest BCUT2D eigenvalue weighted by atomic mass is 10.3. The van der Waals surface area contributed by atoms with E-state index < -0.39 is 0 Å². The Morgan fingerprint density at radius 1 is 1.24 bits per heavy atom. The van der Waals surface area contributed by atoms with Crippen molar-refractivity contribution in [1.82, 2.24) is 9.97 Å². The lowest BCUT2D eigenvalue weighted by molar-refractivity contribution is 0.631. The summed E-state index contributed by atoms with van der Waals surface area (Å²) in [5.41, 5.74) is 0.343. The smallest absolute Gasteiger partial charge is 0.151 e. The molecule has 0 aliphatic rings. The third kappa shape index (κ3) is 2.71. The molecule has 0 aliphatic heterocycles. The molecule has 0 radical (unpaired) electrons. The van der Waals surface area contributed by atoms with E-state index in [1.807, 2.05) is 0 Å². The van der Waals surface area contributed by atoms with Crippen LogP contribution in [0.5, 0.6) is 0 Å². The minimum absolute atomic E-state index is 0.343. The number of hydrogen-bond acceptors (Lipinski definition) is 4. The van der Waals surface area contributed by atoms with Crippen molar-refractivity contribution >= 4 is 33.3 Å². The Balaban J connectivity index is 2.31. The van der Waals surface area contributed by atoms with Gasteiger partial charge < -0.3 is 10.6 Å². The zero-order valence-electron chi connectivity index (χ0n) is 9.04. The molecule has 0 spiro atoms. The van der Waals surface area contributed by atoms with E-state index in [4.69, 9.17) is 0 Å². The van der Waals surface area contributed by atoms with Crippen LogP contribution in [-0.2, 0) is 0 Å². The first-order valence-electron chi connectivity index (χ1n) is 4.91. The van der Waals surface area contributed by atoms with Crippen LogP contribution in [-0.4, -0.2) is 17.0 Å². The highest BCUT2D eigenvalue weighted by atomic mass is 79.9. The number of anilines is 3. The van der Waals surface area contributed by atoms with Gasteiger partial charge in [0.15, 0.2) is 5.82 Å². The summed E-state index contributed by atoms with van der Waals surface area (Å²) in [6.45, 7) is 0. The molecule has 2 N–H and O–H groups in total. The Bertz CT molecular complexity index is 512. The summed E-state index contributed by atoms with van der Waals surface area (Å²) < 4.78 is 14.2. The van der Waals surface area contributed by atoms with E-state index in [0.717, 1.165) is 0 Å². The number of halogens is 2. The van der Waals surface area contributed by atoms with Crippen molar-refractivity contribution in [2.45, 2.75) is 0 Å². The maximum Gasteiger partial charge on any atom is 0.151 e. The van der Waals surface area contributed by atoms with Crippen LogP contribution in [0, 0.1) is 5.82 Å². The van der Waals surface area contributed by atoms with E-state index in [9.17, 15) is 4.39 Å². The molecule has 0 unspecified atom stereocenters. The largest absolute Gasteiger partial charge is 0.372 e. The second-order valence-electron chi connectivity index (χ2n) is 3.26. The molecule has 0 amide bonds. The summed E-state index contributed by atoms with van der Waals surface area (Å²) >= 11 is 3.27. The van der Waals surface area contributed by atoms with Gasteiger partial charge >= 0.3 is 0 Å². The first-order valence-corrected chi connectivity index (χ1v) is 5.71. The molecular weight excluding hydrogens is 287 g/mol. The van der Waals surface area contributed by atoms with Gasteiger partial charge in [0.1, 0.15) is 11.6 Å². The summed E-state index contributed by atoms with van der Waals surface area (Å²) in [6, 6.07) is 4.75. The van der Waals surface area contributed by atoms with Gasteiger partial charge in [-0.3, -0.25) is 4.98 Å². The van der Waals surface area contributed by atoms with E-state index in [-0.39, 0.29) is 5.82 Å². The van der Waals surface area contributed by atoms with Gasteiger partial charge in [-0.1, -0.05) is 6.07 Å². The Morgan fingerprint density at radius 2 is 2.00 bits per heavy atom. The standard InChI is InChI=1S/C11H10BrFN4/c1-14-9-5-15-6-10(16-9)17-11-7(12)3-2-4-8(11)13/h2-6H,1H3,(H2,14,16,17). The van der Waals surface area contributed by atoms with Crippen LogP contribution in [0.1, 0.15) is 0 Å². The molecule has 17 heavy (non-hydrogen) atoms. The van der Waals surface area contributed by atoms with Gasteiger partial charge in [0, 0.05) is 11.5 Å². The minimum atomic E-state index is -0.351. The van der Waals surface area contributed by atoms with Crippen molar-refractivity contribution in [2.75, 3.05) is 17.7 Å². The maximum absolute atomic E-state index is 13.6. The van der Waals surface area contributed by atoms with Crippen LogP contribution in [0.3, 0.4) is 0 Å². The molecular formula is C11H10BrFN4. The molecule has 0 aliphatic carbocycles. The van der Waals surface area contributed by atoms with E-state index in [0.29, 0.717) is 21.8 Å². The second-order valence-corrected chi connectivity index (χ2v) is 4.12. The van der Waals surface area contributed by atoms with Crippen LogP contribution in [0.25, 0.3) is 0 Å². The fourth-order valence-corrected chi connectivity index (χ4v) is 1.73. The number of aromatic nitrogens is 2. The average Bonchev–Trinajstić information content (AvgIpc) is 2.34. The lowest BCUT2D eigenvalue weighted by Crippen LogP contribution is -2.00. The first-order chi connectivity index (χ1) is 8.20. The van der Waals surface area contributed by atoms with Gasteiger partial charge in [0.2, 0.25) is 0 Å². The Labute approximate surface area is 106 Å². The van der Waals surface area contributed by atoms with Gasteiger partial charge in [-0.05, 0) is 28.1 Å². The number of benzene rings is 1. The molecule has 1 aromatic heterocycles. The Kier molecular flexibility index (Phi) is 3.53. The van der Waals surface area contributed by atoms with Gasteiger partial charge in [-0.25, -0.2) is 9.37 Å². The summed E-state index contributed by atoms with van der Waals surface area (Å²) in [7, 11) is 1.74. The lowest BCUT2D eigenvalue weighted by Gasteiger charge is -2.09. The van der Waals surface area contributed by atoms with Crippen molar-refractivity contribution in [3.05, 3.63) is 40.9 Å². The van der Waals surface area contributed by atoms with Crippen molar-refractivity contribution in [3.8, 4) is 0 Å². The molecule has 1 heterocycles. The van der Waals surface area contributed by atoms with Gasteiger partial charge in [0.05, 0.1) is 18.1 Å². The van der Waals surface area contributed by atoms with Gasteiger partial charge in [-0.2, -0.15) is 0 Å². The topological polar surface area (TPSA) is 49.8 Å². The third-order valence-electron chi connectivity index (χ3n) is 2.11. The predicted octanol–water partition coefficient (Wildman–Crippen LogP) is 3.16. The van der Waals surface area contributed by atoms with E-state index >= 15 is 0 Å². The summed E-state index contributed by atoms with van der Waals surface area (Å²) in [5.74, 6) is 0.737. The highest BCUT2D eigenvalue weighted by Crippen LogP contribution is 2.27. The zero-order valence-corrected chi connectivity index (χ0v) is 10.6. The second kappa shape index (κ2) is 5.09. The monoisotopic (exact) mass is 296 g/mol. The normalized spacial score (nSPS) is 10.1. The van der Waals surface area contributed by atoms with Crippen molar-refractivity contribution in [1.29, 1.82) is 0 Å². The quantitative estimate of drug-likeness (QED) is 0.913. The molecule has 0 fully saturated rings. The number of nitrogens with one attached hydrogen (secondary N) is 2. The molecule has 0 bridgehead atoms. The molecule has 2 rings (SSSR count). The highest BCUT2D eigenvalue weighted by molar-refractivity contribution is 9.10. The summed E-state index contributed by atoms with van der Waals surface area (Å²) in [4.78, 5) is 8.18. The van der Waals surface area contributed by atoms with Crippen molar-refractivity contribution in [3.63, 3.8) is 0 Å². The van der Waals surface area contributed by atoms with Gasteiger partial charge in [-0.15, -0.1) is 0 Å². The first kappa shape index (κ1) is 11.8. The predicted molar refractivity (Wildman–Crippen MR) is 69.0 cm³/mol. The fraction of sp³-hybridized carbons (Fsp3) is 0.0909. The van der Waals surface area contributed by atoms with Crippen molar-refractivity contribution in [2.24, 2.45) is 0 Å². The zero-order chi connectivity index (χ0) is 12.3. The SMILES string of the molecule is CNc1cncc(Nc2c(F)cccc2Br)n1. The van der Waals surface area contributed by atoms with E-state index in [2.05, 4.69) is 36.5 Å². The molecule has 4 nitrogen and oxygen atoms in total. The van der Waals surface area contributed by atoms with Crippen molar-refractivity contribution < 1.29 is 4.39 Å². The van der Waals surface area contributed by atoms with Crippen LogP contribution < -0.4 is 10.6 Å². The van der Waals surface area contributed by atoms with Crippen LogP contribution in [0.4, 0.5) is 21.7 Å². The van der Waals surface area contributed by atoms with Crippen LogP contribution in [0.15, 0.2) is 35.1 Å². The molecule has 0 saturated heterocycles. The minimum Gasteiger partial charge on any atom is -0.372 e. The molecule has 88 valence electrons. The third-order valence-corrected chi connectivity index (χ3v) is 2.77. The number of rotatable bonds is 3. The molecule has 2 aromatic rings. The Morgan fingerprint density at radius 3 is 2.71 bits per heavy atom. The number of nitrogens with zero attached hydrogens (tertiary/aromatic N) is 2. The maximum atomic E-state index is 13.6. The molecule has 6 heteroatoms. The number of hydrogen-bond donors (Lipinski definition) is 2. The summed E-state index contributed by atoms with van der Waals surface area (Å²) in [6.07, 6.45) is 3.11. The van der Waals surface area contributed by atoms with Crippen LogP contribution in [0.2, 0.25) is 0 Å². The highest BCUT2D eigenvalue weighted by Gasteiger charge is 2.07. The van der Waals surface area contributed by atoms with Gasteiger partial charge in [0.25, 0.3) is 0 Å². The molecule has 0 saturated carbocycles. The average molecular weight is 297 g/mol. The van der Waals surface area contributed by atoms with E-state index in [1.54, 1.807) is 25.4 Å². The molecule has 1 aromatic carbocycles. The van der Waals surface area contributed by atoms with Crippen LogP contribution >= 0.6 is 15.9 Å². The number of para-hydroxylation sites is 1.